The highest BCUT2D eigenvalue weighted by Gasteiger charge is 2.20. The van der Waals surface area contributed by atoms with Crippen molar-refractivity contribution in [3.8, 4) is 5.75 Å². The topological polar surface area (TPSA) is 64.3 Å². The number of hydrogen-bond donors (Lipinski definition) is 2. The molecule has 17 heavy (non-hydrogen) atoms. The van der Waals surface area contributed by atoms with Gasteiger partial charge in [0.15, 0.2) is 5.75 Å². The molecule has 1 heterocycles. The van der Waals surface area contributed by atoms with Crippen LogP contribution in [0, 0.1) is 6.92 Å². The molecule has 0 radical (unpaired) electrons. The number of amides is 1. The summed E-state index contributed by atoms with van der Waals surface area (Å²) >= 11 is 4.81. The molecule has 1 aromatic rings. The molecule has 0 saturated heterocycles. The van der Waals surface area contributed by atoms with Crippen LogP contribution in [0.15, 0.2) is 4.47 Å². The van der Waals surface area contributed by atoms with Gasteiger partial charge in [0.2, 0.25) is 0 Å². The summed E-state index contributed by atoms with van der Waals surface area (Å²) in [5.74, 6) is 0.497. The van der Waals surface area contributed by atoms with Gasteiger partial charge in [-0.05, 0) is 35.8 Å². The van der Waals surface area contributed by atoms with E-state index in [2.05, 4.69) is 21.2 Å². The van der Waals surface area contributed by atoms with Gasteiger partial charge in [0.25, 0.3) is 5.91 Å². The van der Waals surface area contributed by atoms with E-state index in [0.29, 0.717) is 23.7 Å². The summed E-state index contributed by atoms with van der Waals surface area (Å²) in [7, 11) is 1.56. The average molecular weight is 344 g/mol. The number of nitrogens with one attached hydrogen (secondary N) is 1. The number of halogens is 2. The van der Waals surface area contributed by atoms with Crippen LogP contribution in [0.3, 0.4) is 0 Å². The zero-order chi connectivity index (χ0) is 12.1. The van der Waals surface area contributed by atoms with E-state index < -0.39 is 0 Å². The maximum absolute atomic E-state index is 11.8. The van der Waals surface area contributed by atoms with Gasteiger partial charge in [0, 0.05) is 11.4 Å². The molecule has 98 valence electrons. The third kappa shape index (κ3) is 4.13. The number of hydrogen-bond acceptors (Lipinski definition) is 4. The van der Waals surface area contributed by atoms with Crippen LogP contribution < -0.4 is 15.8 Å². The Morgan fingerprint density at radius 1 is 1.59 bits per heavy atom. The molecule has 0 saturated carbocycles. The molecule has 7 heteroatoms. The fourth-order valence-electron chi connectivity index (χ4n) is 1.22. The Labute approximate surface area is 119 Å². The van der Waals surface area contributed by atoms with Crippen LogP contribution in [-0.2, 0) is 0 Å². The van der Waals surface area contributed by atoms with E-state index in [1.807, 2.05) is 6.92 Å². The SMILES string of the molecule is COc1c(C(=O)NCCCN)sc(C)c1Br.Cl. The highest BCUT2D eigenvalue weighted by atomic mass is 79.9. The molecule has 0 spiro atoms. The smallest absolute Gasteiger partial charge is 0.265 e. The number of carbonyl (C=O) groups is 1. The van der Waals surface area contributed by atoms with Crippen LogP contribution in [0.2, 0.25) is 0 Å². The Kier molecular flexibility index (Phi) is 7.78. The molecule has 1 aromatic heterocycles. The minimum Gasteiger partial charge on any atom is -0.494 e. The van der Waals surface area contributed by atoms with Gasteiger partial charge >= 0.3 is 0 Å². The molecule has 0 aliphatic rings. The van der Waals surface area contributed by atoms with Gasteiger partial charge in [-0.1, -0.05) is 0 Å². The van der Waals surface area contributed by atoms with Crippen LogP contribution in [0.5, 0.6) is 5.75 Å². The number of methoxy groups -OCH3 is 1. The third-order valence-corrected chi connectivity index (χ3v) is 4.35. The van der Waals surface area contributed by atoms with Crippen molar-refractivity contribution in [1.82, 2.24) is 5.32 Å². The fourth-order valence-corrected chi connectivity index (χ4v) is 2.89. The first-order valence-corrected chi connectivity index (χ1v) is 6.54. The summed E-state index contributed by atoms with van der Waals surface area (Å²) in [6, 6.07) is 0. The number of rotatable bonds is 5. The fraction of sp³-hybridized carbons (Fsp3) is 0.500. The predicted octanol–water partition coefficient (Wildman–Crippen LogP) is 2.33. The Morgan fingerprint density at radius 2 is 2.24 bits per heavy atom. The molecule has 0 fully saturated rings. The van der Waals surface area contributed by atoms with E-state index in [-0.39, 0.29) is 18.3 Å². The quantitative estimate of drug-likeness (QED) is 0.807. The molecule has 1 amide bonds. The second kappa shape index (κ2) is 7.92. The van der Waals surface area contributed by atoms with Crippen LogP contribution in [0.4, 0.5) is 0 Å². The van der Waals surface area contributed by atoms with Crippen molar-refractivity contribution < 1.29 is 9.53 Å². The number of nitrogens with two attached hydrogens (primary N) is 1. The minimum atomic E-state index is -0.107. The van der Waals surface area contributed by atoms with E-state index in [0.717, 1.165) is 15.8 Å². The van der Waals surface area contributed by atoms with E-state index >= 15 is 0 Å². The maximum atomic E-state index is 11.8. The first-order valence-electron chi connectivity index (χ1n) is 4.93. The number of aryl methyl sites for hydroxylation is 1. The van der Waals surface area contributed by atoms with Crippen LogP contribution in [0.1, 0.15) is 21.0 Å². The summed E-state index contributed by atoms with van der Waals surface area (Å²) in [4.78, 5) is 13.5. The van der Waals surface area contributed by atoms with Crippen molar-refractivity contribution in [2.75, 3.05) is 20.2 Å². The molecule has 3 N–H and O–H groups in total. The predicted molar refractivity (Wildman–Crippen MR) is 76.6 cm³/mol. The van der Waals surface area contributed by atoms with E-state index in [4.69, 9.17) is 10.5 Å². The Balaban J connectivity index is 0.00000256. The minimum absolute atomic E-state index is 0. The van der Waals surface area contributed by atoms with Crippen LogP contribution in [0.25, 0.3) is 0 Å². The first-order chi connectivity index (χ1) is 7.61. The Morgan fingerprint density at radius 3 is 2.76 bits per heavy atom. The molecule has 0 unspecified atom stereocenters. The zero-order valence-corrected chi connectivity index (χ0v) is 12.9. The molecule has 0 aliphatic heterocycles. The second-order valence-electron chi connectivity index (χ2n) is 3.23. The summed E-state index contributed by atoms with van der Waals surface area (Å²) in [5, 5.41) is 2.81. The highest BCUT2D eigenvalue weighted by molar-refractivity contribution is 9.10. The van der Waals surface area contributed by atoms with Gasteiger partial charge in [-0.25, -0.2) is 0 Å². The van der Waals surface area contributed by atoms with Gasteiger partial charge in [0.05, 0.1) is 11.6 Å². The monoisotopic (exact) mass is 342 g/mol. The summed E-state index contributed by atoms with van der Waals surface area (Å²) in [6.07, 6.45) is 0.777. The van der Waals surface area contributed by atoms with Crippen molar-refractivity contribution in [3.63, 3.8) is 0 Å². The average Bonchev–Trinajstić information content (AvgIpc) is 2.55. The van der Waals surface area contributed by atoms with Gasteiger partial charge < -0.3 is 15.8 Å². The van der Waals surface area contributed by atoms with E-state index in [1.54, 1.807) is 7.11 Å². The summed E-state index contributed by atoms with van der Waals surface area (Å²) in [5.41, 5.74) is 5.36. The van der Waals surface area contributed by atoms with Crippen molar-refractivity contribution >= 4 is 45.6 Å². The standard InChI is InChI=1S/C10H15BrN2O2S.ClH/c1-6-7(11)8(15-2)9(16-6)10(14)13-5-3-4-12;/h3-5,12H2,1-2H3,(H,13,14);1H. The molecule has 1 rings (SSSR count). The van der Waals surface area contributed by atoms with Crippen LogP contribution >= 0.6 is 39.7 Å². The van der Waals surface area contributed by atoms with E-state index in [1.165, 1.54) is 11.3 Å². The Bertz CT molecular complexity index is 385. The normalized spacial score (nSPS) is 9.65. The van der Waals surface area contributed by atoms with Gasteiger partial charge in [-0.15, -0.1) is 23.7 Å². The highest BCUT2D eigenvalue weighted by Crippen LogP contribution is 2.38. The lowest BCUT2D eigenvalue weighted by Crippen LogP contribution is -2.25. The summed E-state index contributed by atoms with van der Waals surface area (Å²) < 4.78 is 6.05. The first kappa shape index (κ1) is 16.7. The van der Waals surface area contributed by atoms with Crippen molar-refractivity contribution in [2.45, 2.75) is 13.3 Å². The molecule has 0 aromatic carbocycles. The van der Waals surface area contributed by atoms with Gasteiger partial charge in [-0.3, -0.25) is 4.79 Å². The van der Waals surface area contributed by atoms with Crippen molar-refractivity contribution in [2.24, 2.45) is 5.73 Å². The number of thiophene rings is 1. The Hall–Kier alpha value is -0.300. The van der Waals surface area contributed by atoms with Crippen LogP contribution in [-0.4, -0.2) is 26.1 Å². The van der Waals surface area contributed by atoms with E-state index in [9.17, 15) is 4.79 Å². The summed E-state index contributed by atoms with van der Waals surface area (Å²) in [6.45, 7) is 3.10. The lowest BCUT2D eigenvalue weighted by atomic mass is 10.3. The number of carbonyl (C=O) groups excluding carboxylic acids is 1. The van der Waals surface area contributed by atoms with Crippen molar-refractivity contribution in [1.29, 1.82) is 0 Å². The lowest BCUT2D eigenvalue weighted by molar-refractivity contribution is 0.0955. The third-order valence-electron chi connectivity index (χ3n) is 2.05. The number of ether oxygens (including phenoxy) is 1. The molecule has 0 bridgehead atoms. The maximum Gasteiger partial charge on any atom is 0.265 e. The second-order valence-corrected chi connectivity index (χ2v) is 5.25. The lowest BCUT2D eigenvalue weighted by Gasteiger charge is -2.04. The molecule has 0 atom stereocenters. The van der Waals surface area contributed by atoms with Gasteiger partial charge in [0.1, 0.15) is 4.88 Å². The molecular weight excluding hydrogens is 328 g/mol. The van der Waals surface area contributed by atoms with Crippen molar-refractivity contribution in [3.05, 3.63) is 14.2 Å². The molecular formula is C10H16BrClN2O2S. The molecule has 0 aliphatic carbocycles. The zero-order valence-electron chi connectivity index (χ0n) is 9.71. The largest absolute Gasteiger partial charge is 0.494 e. The van der Waals surface area contributed by atoms with Gasteiger partial charge in [-0.2, -0.15) is 0 Å². The molecule has 4 nitrogen and oxygen atoms in total.